The number of benzene rings is 2. The Morgan fingerprint density at radius 1 is 0.966 bits per heavy atom. The Labute approximate surface area is 168 Å². The molecule has 2 rings (SSSR count). The standard InChI is InChI=1S/C20H21NO7S/c1-13(2)28-19(23)14-8-10-15(11-9-14)21-18(22)12-27-20(24)16-6-4-5-7-17(16)29(3,25)26/h4-11,13H,12H2,1-3H3,(H,21,22). The molecule has 0 bridgehead atoms. The second-order valence-electron chi connectivity index (χ2n) is 6.42. The van der Waals surface area contributed by atoms with Crippen LogP contribution < -0.4 is 5.32 Å². The van der Waals surface area contributed by atoms with Gasteiger partial charge in [-0.25, -0.2) is 18.0 Å². The molecule has 1 N–H and O–H groups in total. The van der Waals surface area contributed by atoms with E-state index in [4.69, 9.17) is 9.47 Å². The molecule has 29 heavy (non-hydrogen) atoms. The molecule has 1 amide bonds. The third-order valence-electron chi connectivity index (χ3n) is 3.59. The van der Waals surface area contributed by atoms with Crippen molar-refractivity contribution in [2.45, 2.75) is 24.8 Å². The van der Waals surface area contributed by atoms with E-state index in [9.17, 15) is 22.8 Å². The monoisotopic (exact) mass is 419 g/mol. The van der Waals surface area contributed by atoms with Crippen LogP contribution >= 0.6 is 0 Å². The second-order valence-corrected chi connectivity index (χ2v) is 8.41. The molecule has 0 aliphatic heterocycles. The fraction of sp³-hybridized carbons (Fsp3) is 0.250. The summed E-state index contributed by atoms with van der Waals surface area (Å²) in [5, 5.41) is 2.51. The van der Waals surface area contributed by atoms with Gasteiger partial charge in [-0.05, 0) is 50.2 Å². The number of ether oxygens (including phenoxy) is 2. The molecule has 0 heterocycles. The summed E-state index contributed by atoms with van der Waals surface area (Å²) in [4.78, 5) is 35.8. The van der Waals surface area contributed by atoms with Crippen LogP contribution in [0.4, 0.5) is 5.69 Å². The number of sulfone groups is 1. The number of anilines is 1. The number of esters is 2. The zero-order valence-corrected chi connectivity index (χ0v) is 17.0. The lowest BCUT2D eigenvalue weighted by molar-refractivity contribution is -0.119. The SMILES string of the molecule is CC(C)OC(=O)c1ccc(NC(=O)COC(=O)c2ccccc2S(C)(=O)=O)cc1. The lowest BCUT2D eigenvalue weighted by atomic mass is 10.2. The van der Waals surface area contributed by atoms with Crippen molar-refractivity contribution in [1.82, 2.24) is 0 Å². The summed E-state index contributed by atoms with van der Waals surface area (Å²) in [6.07, 6.45) is 0.733. The molecule has 0 saturated carbocycles. The molecule has 8 nitrogen and oxygen atoms in total. The first-order valence-corrected chi connectivity index (χ1v) is 10.5. The van der Waals surface area contributed by atoms with Crippen LogP contribution in [0.25, 0.3) is 0 Å². The number of carbonyl (C=O) groups is 3. The van der Waals surface area contributed by atoms with Gasteiger partial charge in [0.2, 0.25) is 0 Å². The maximum absolute atomic E-state index is 12.2. The third kappa shape index (κ3) is 6.42. The highest BCUT2D eigenvalue weighted by atomic mass is 32.2. The van der Waals surface area contributed by atoms with Crippen molar-refractivity contribution in [1.29, 1.82) is 0 Å². The molecule has 0 saturated heterocycles. The largest absolute Gasteiger partial charge is 0.459 e. The van der Waals surface area contributed by atoms with Gasteiger partial charge in [-0.2, -0.15) is 0 Å². The van der Waals surface area contributed by atoms with Gasteiger partial charge in [0.15, 0.2) is 16.4 Å². The Morgan fingerprint density at radius 3 is 2.17 bits per heavy atom. The molecule has 9 heteroatoms. The molecule has 0 atom stereocenters. The van der Waals surface area contributed by atoms with Crippen molar-refractivity contribution in [2.75, 3.05) is 18.2 Å². The molecule has 0 aromatic heterocycles. The number of nitrogens with one attached hydrogen (secondary N) is 1. The lowest BCUT2D eigenvalue weighted by Crippen LogP contribution is -2.21. The molecule has 0 radical (unpaired) electrons. The molecule has 2 aromatic carbocycles. The van der Waals surface area contributed by atoms with Gasteiger partial charge in [-0.1, -0.05) is 12.1 Å². The van der Waals surface area contributed by atoms with Gasteiger partial charge in [0.1, 0.15) is 0 Å². The van der Waals surface area contributed by atoms with Crippen LogP contribution in [0.1, 0.15) is 34.6 Å². The average Bonchev–Trinajstić information content (AvgIpc) is 2.65. The Morgan fingerprint density at radius 2 is 1.59 bits per heavy atom. The van der Waals surface area contributed by atoms with Crippen molar-refractivity contribution in [3.8, 4) is 0 Å². The van der Waals surface area contributed by atoms with E-state index in [-0.39, 0.29) is 16.6 Å². The van der Waals surface area contributed by atoms with Crippen molar-refractivity contribution < 1.29 is 32.3 Å². The summed E-state index contributed by atoms with van der Waals surface area (Å²) in [6, 6.07) is 11.6. The van der Waals surface area contributed by atoms with Crippen LogP contribution in [0, 0.1) is 0 Å². The minimum absolute atomic E-state index is 0.143. The highest BCUT2D eigenvalue weighted by Crippen LogP contribution is 2.16. The Balaban J connectivity index is 1.95. The fourth-order valence-electron chi connectivity index (χ4n) is 2.34. The average molecular weight is 419 g/mol. The predicted octanol–water partition coefficient (Wildman–Crippen LogP) is 2.45. The van der Waals surface area contributed by atoms with Gasteiger partial charge in [-0.3, -0.25) is 4.79 Å². The van der Waals surface area contributed by atoms with Crippen molar-refractivity contribution in [3.63, 3.8) is 0 Å². The summed E-state index contributed by atoms with van der Waals surface area (Å²) in [5.74, 6) is -2.02. The van der Waals surface area contributed by atoms with E-state index in [1.807, 2.05) is 0 Å². The fourth-order valence-corrected chi connectivity index (χ4v) is 3.21. The number of carbonyl (C=O) groups excluding carboxylic acids is 3. The predicted molar refractivity (Wildman–Crippen MR) is 105 cm³/mol. The quantitative estimate of drug-likeness (QED) is 0.685. The maximum atomic E-state index is 12.2. The first-order chi connectivity index (χ1) is 13.6. The normalized spacial score (nSPS) is 11.0. The van der Waals surface area contributed by atoms with E-state index < -0.39 is 34.3 Å². The van der Waals surface area contributed by atoms with Crippen LogP contribution in [-0.2, 0) is 24.1 Å². The molecular formula is C20H21NO7S. The van der Waals surface area contributed by atoms with Gasteiger partial charge < -0.3 is 14.8 Å². The highest BCUT2D eigenvalue weighted by molar-refractivity contribution is 7.90. The topological polar surface area (TPSA) is 116 Å². The van der Waals surface area contributed by atoms with E-state index >= 15 is 0 Å². The van der Waals surface area contributed by atoms with E-state index in [1.54, 1.807) is 13.8 Å². The summed E-state index contributed by atoms with van der Waals surface area (Å²) in [5.41, 5.74) is 0.583. The number of rotatable bonds is 7. The first kappa shape index (κ1) is 22.1. The van der Waals surface area contributed by atoms with Crippen molar-refractivity contribution >= 4 is 33.4 Å². The van der Waals surface area contributed by atoms with Crippen molar-refractivity contribution in [3.05, 3.63) is 59.7 Å². The van der Waals surface area contributed by atoms with Crippen LogP contribution in [0.15, 0.2) is 53.4 Å². The smallest absolute Gasteiger partial charge is 0.339 e. The van der Waals surface area contributed by atoms with Crippen molar-refractivity contribution in [2.24, 2.45) is 0 Å². The zero-order chi connectivity index (χ0) is 21.6. The Hall–Kier alpha value is -3.20. The van der Waals surface area contributed by atoms with E-state index in [0.29, 0.717) is 11.3 Å². The molecule has 0 unspecified atom stereocenters. The molecule has 0 aliphatic carbocycles. The van der Waals surface area contributed by atoms with Gasteiger partial charge in [0, 0.05) is 11.9 Å². The van der Waals surface area contributed by atoms with Crippen LogP contribution in [0.2, 0.25) is 0 Å². The molecule has 0 fully saturated rings. The van der Waals surface area contributed by atoms with E-state index in [0.717, 1.165) is 6.26 Å². The Bertz CT molecular complexity index is 1010. The van der Waals surface area contributed by atoms with Gasteiger partial charge in [-0.15, -0.1) is 0 Å². The minimum atomic E-state index is -3.62. The lowest BCUT2D eigenvalue weighted by Gasteiger charge is -2.10. The van der Waals surface area contributed by atoms with E-state index in [2.05, 4.69) is 5.32 Å². The van der Waals surface area contributed by atoms with Gasteiger partial charge in [0.05, 0.1) is 22.1 Å². The molecule has 154 valence electrons. The molecule has 2 aromatic rings. The summed E-state index contributed by atoms with van der Waals surface area (Å²) >= 11 is 0. The highest BCUT2D eigenvalue weighted by Gasteiger charge is 2.20. The number of hydrogen-bond donors (Lipinski definition) is 1. The Kier molecular flexibility index (Phi) is 7.11. The minimum Gasteiger partial charge on any atom is -0.459 e. The maximum Gasteiger partial charge on any atom is 0.339 e. The zero-order valence-electron chi connectivity index (χ0n) is 16.2. The number of amides is 1. The van der Waals surface area contributed by atoms with Gasteiger partial charge >= 0.3 is 11.9 Å². The van der Waals surface area contributed by atoms with Crippen LogP contribution in [0.5, 0.6) is 0 Å². The summed E-state index contributed by atoms with van der Waals surface area (Å²) in [6.45, 7) is 2.87. The van der Waals surface area contributed by atoms with Crippen LogP contribution in [0.3, 0.4) is 0 Å². The second kappa shape index (κ2) is 9.33. The summed E-state index contributed by atoms with van der Waals surface area (Å²) < 4.78 is 33.5. The first-order valence-electron chi connectivity index (χ1n) is 8.65. The molecule has 0 aliphatic rings. The molecular weight excluding hydrogens is 398 g/mol. The van der Waals surface area contributed by atoms with Gasteiger partial charge in [0.25, 0.3) is 5.91 Å². The molecule has 0 spiro atoms. The number of hydrogen-bond acceptors (Lipinski definition) is 7. The third-order valence-corrected chi connectivity index (χ3v) is 4.74. The van der Waals surface area contributed by atoms with E-state index in [1.165, 1.54) is 48.5 Å². The van der Waals surface area contributed by atoms with Crippen LogP contribution in [-0.4, -0.2) is 45.2 Å². The summed E-state index contributed by atoms with van der Waals surface area (Å²) in [7, 11) is -3.62.